The van der Waals surface area contributed by atoms with E-state index in [1.807, 2.05) is 13.8 Å². The molecule has 43 heavy (non-hydrogen) atoms. The van der Waals surface area contributed by atoms with Crippen LogP contribution in [0.4, 0.5) is 0 Å². The first-order valence-electron chi connectivity index (χ1n) is 15.1. The van der Waals surface area contributed by atoms with Crippen LogP contribution in [0.15, 0.2) is 29.3 Å². The van der Waals surface area contributed by atoms with Crippen molar-refractivity contribution in [2.75, 3.05) is 13.2 Å². The van der Waals surface area contributed by atoms with Gasteiger partial charge in [0.25, 0.3) is 0 Å². The summed E-state index contributed by atoms with van der Waals surface area (Å²) >= 11 is 0. The number of nitrogens with one attached hydrogen (secondary N) is 2. The highest BCUT2D eigenvalue weighted by atomic mass is 16.3. The van der Waals surface area contributed by atoms with Crippen LogP contribution >= 0.6 is 0 Å². The van der Waals surface area contributed by atoms with E-state index in [4.69, 9.17) is 11.5 Å². The van der Waals surface area contributed by atoms with Crippen molar-refractivity contribution >= 4 is 23.7 Å². The van der Waals surface area contributed by atoms with Gasteiger partial charge < -0.3 is 47.4 Å². The number of nitrogens with zero attached hydrogens (tertiary/aromatic N) is 2. The van der Waals surface area contributed by atoms with Crippen molar-refractivity contribution in [3.63, 3.8) is 0 Å². The van der Waals surface area contributed by atoms with Crippen molar-refractivity contribution < 1.29 is 34.8 Å². The first kappa shape index (κ1) is 34.1. The lowest BCUT2D eigenvalue weighted by Crippen LogP contribution is -2.58. The molecule has 1 aromatic carbocycles. The summed E-state index contributed by atoms with van der Waals surface area (Å²) in [7, 11) is 0. The molecule has 1 heterocycles. The zero-order valence-corrected chi connectivity index (χ0v) is 25.1. The Morgan fingerprint density at radius 1 is 1.09 bits per heavy atom. The molecule has 1 aliphatic heterocycles. The predicted molar refractivity (Wildman–Crippen MR) is 161 cm³/mol. The predicted octanol–water partition coefficient (Wildman–Crippen LogP) is -0.512. The van der Waals surface area contributed by atoms with E-state index < -0.39 is 48.1 Å². The van der Waals surface area contributed by atoms with Crippen LogP contribution in [-0.2, 0) is 20.8 Å². The second kappa shape index (κ2) is 15.9. The molecule has 13 heteroatoms. The van der Waals surface area contributed by atoms with Crippen LogP contribution in [0, 0.1) is 11.8 Å². The van der Waals surface area contributed by atoms with Crippen LogP contribution in [-0.4, -0.2) is 98.5 Å². The summed E-state index contributed by atoms with van der Waals surface area (Å²) < 4.78 is 0. The van der Waals surface area contributed by atoms with Crippen LogP contribution in [0.2, 0.25) is 0 Å². The molecule has 3 amide bonds. The second-order valence-electron chi connectivity index (χ2n) is 12.2. The Labute approximate surface area is 252 Å². The molecule has 7 atom stereocenters. The first-order valence-corrected chi connectivity index (χ1v) is 15.1. The number of amides is 3. The zero-order chi connectivity index (χ0) is 31.7. The summed E-state index contributed by atoms with van der Waals surface area (Å²) in [4.78, 5) is 46.3. The van der Waals surface area contributed by atoms with Crippen molar-refractivity contribution in [1.29, 1.82) is 0 Å². The summed E-state index contributed by atoms with van der Waals surface area (Å²) in [6, 6.07) is 3.35. The molecule has 13 nitrogen and oxygen atoms in total. The summed E-state index contributed by atoms with van der Waals surface area (Å²) in [5.74, 6) is -1.51. The average Bonchev–Trinajstić information content (AvgIpc) is 3.33. The van der Waals surface area contributed by atoms with Gasteiger partial charge in [-0.2, -0.15) is 0 Å². The number of benzene rings is 1. The Bertz CT molecular complexity index is 1110. The Hall–Kier alpha value is -3.42. The molecule has 0 bridgehead atoms. The van der Waals surface area contributed by atoms with Gasteiger partial charge in [0, 0.05) is 19.0 Å². The second-order valence-corrected chi connectivity index (χ2v) is 12.2. The number of phenolic OH excluding ortho intramolecular Hbond substituents is 1. The standard InChI is InChI=1S/C30H48N6O7/c1-17(2)12-23(35-28(42)26(40)13-18-5-8-21(38)9-6-18)29(43)36-24-15-22(39)10-7-19(24)14-25(36)27(41)34-20(16-37)4-3-11-33-30(31)32/h5-6,8-9,17,19-20,22-26,37-40H,3-4,7,10-16H2,1-2H3,(H,34,41)(H,35,42)(H4,31,32,33)/t19-,20+,22-,23-,24-,25+,26-/m1/s1. The Balaban J connectivity index is 1.77. The topological polar surface area (TPSA) is 224 Å². The van der Waals surface area contributed by atoms with E-state index in [0.717, 1.165) is 0 Å². The maximum atomic E-state index is 14.2. The fourth-order valence-corrected chi connectivity index (χ4v) is 6.13. The highest BCUT2D eigenvalue weighted by molar-refractivity contribution is 5.93. The molecule has 1 saturated heterocycles. The van der Waals surface area contributed by atoms with E-state index in [9.17, 15) is 34.8 Å². The van der Waals surface area contributed by atoms with Crippen LogP contribution in [0.25, 0.3) is 0 Å². The normalized spacial score (nSPS) is 23.6. The number of fused-ring (bicyclic) bond motifs is 1. The minimum Gasteiger partial charge on any atom is -0.508 e. The fourth-order valence-electron chi connectivity index (χ4n) is 6.13. The SMILES string of the molecule is CC(C)C[C@@H](NC(=O)[C@H](O)Cc1ccc(O)cc1)C(=O)N1[C@@H]2C[C@H](O)CC[C@@H]2C[C@H]1C(=O)N[C@H](CO)CCCN=C(N)N. The molecule has 240 valence electrons. The molecule has 1 saturated carbocycles. The zero-order valence-electron chi connectivity index (χ0n) is 25.1. The smallest absolute Gasteiger partial charge is 0.249 e. The maximum Gasteiger partial charge on any atom is 0.249 e. The van der Waals surface area contributed by atoms with E-state index in [1.54, 1.807) is 12.1 Å². The average molecular weight is 605 g/mol. The highest BCUT2D eigenvalue weighted by Crippen LogP contribution is 2.40. The number of aromatic hydroxyl groups is 1. The van der Waals surface area contributed by atoms with Crippen LogP contribution < -0.4 is 22.1 Å². The van der Waals surface area contributed by atoms with Crippen LogP contribution in [0.1, 0.15) is 64.4 Å². The molecule has 1 aromatic rings. The van der Waals surface area contributed by atoms with Gasteiger partial charge in [-0.1, -0.05) is 26.0 Å². The number of aliphatic imine (C=N–C) groups is 1. The number of hydrogen-bond donors (Lipinski definition) is 8. The number of aliphatic hydroxyl groups is 3. The van der Waals surface area contributed by atoms with E-state index >= 15 is 0 Å². The molecular formula is C30H48N6O7. The number of phenols is 1. The number of nitrogens with two attached hydrogens (primary N) is 2. The number of aliphatic hydroxyl groups excluding tert-OH is 3. The first-order chi connectivity index (χ1) is 20.4. The van der Waals surface area contributed by atoms with Crippen LogP contribution in [0.5, 0.6) is 5.75 Å². The molecule has 0 radical (unpaired) electrons. The molecule has 0 aromatic heterocycles. The van der Waals surface area contributed by atoms with Crippen LogP contribution in [0.3, 0.4) is 0 Å². The van der Waals surface area contributed by atoms with Gasteiger partial charge in [0.1, 0.15) is 23.9 Å². The summed E-state index contributed by atoms with van der Waals surface area (Å²) in [6.45, 7) is 3.87. The molecule has 1 aliphatic carbocycles. The largest absolute Gasteiger partial charge is 0.508 e. The summed E-state index contributed by atoms with van der Waals surface area (Å²) in [6.07, 6.45) is 1.17. The monoisotopic (exact) mass is 604 g/mol. The summed E-state index contributed by atoms with van der Waals surface area (Å²) in [5.41, 5.74) is 11.4. The minimum atomic E-state index is -1.43. The maximum absolute atomic E-state index is 14.2. The molecule has 3 rings (SSSR count). The third kappa shape index (κ3) is 9.80. The molecule has 2 fully saturated rings. The number of guanidine groups is 1. The number of carbonyl (C=O) groups excluding carboxylic acids is 3. The number of carbonyl (C=O) groups is 3. The molecule has 2 aliphatic rings. The van der Waals surface area contributed by atoms with E-state index in [0.29, 0.717) is 50.6 Å². The number of likely N-dealkylation sites (tertiary alicyclic amines) is 1. The van der Waals surface area contributed by atoms with Gasteiger partial charge >= 0.3 is 0 Å². The van der Waals surface area contributed by atoms with Gasteiger partial charge in [-0.05, 0) is 74.5 Å². The third-order valence-electron chi connectivity index (χ3n) is 8.27. The Kier molecular flexibility index (Phi) is 12.6. The third-order valence-corrected chi connectivity index (χ3v) is 8.27. The van der Waals surface area contributed by atoms with E-state index in [-0.39, 0.29) is 49.0 Å². The van der Waals surface area contributed by atoms with E-state index in [1.165, 1.54) is 17.0 Å². The minimum absolute atomic E-state index is 0.00744. The lowest BCUT2D eigenvalue weighted by molar-refractivity contribution is -0.146. The Morgan fingerprint density at radius 2 is 1.79 bits per heavy atom. The Morgan fingerprint density at radius 3 is 2.42 bits per heavy atom. The van der Waals surface area contributed by atoms with Gasteiger partial charge in [0.05, 0.1) is 18.8 Å². The molecule has 10 N–H and O–H groups in total. The summed E-state index contributed by atoms with van der Waals surface area (Å²) in [5, 5.41) is 46.1. The fraction of sp³-hybridized carbons (Fsp3) is 0.667. The quantitative estimate of drug-likeness (QED) is 0.0776. The molecular weight excluding hydrogens is 556 g/mol. The van der Waals surface area contributed by atoms with Gasteiger partial charge in [-0.15, -0.1) is 0 Å². The van der Waals surface area contributed by atoms with Crippen molar-refractivity contribution in [3.8, 4) is 5.75 Å². The van der Waals surface area contributed by atoms with Crippen molar-refractivity contribution in [3.05, 3.63) is 29.8 Å². The number of rotatable bonds is 14. The van der Waals surface area contributed by atoms with E-state index in [2.05, 4.69) is 15.6 Å². The molecule has 0 unspecified atom stereocenters. The lowest BCUT2D eigenvalue weighted by atomic mass is 9.83. The van der Waals surface area contributed by atoms with Gasteiger partial charge in [-0.25, -0.2) is 0 Å². The van der Waals surface area contributed by atoms with Gasteiger partial charge in [0.15, 0.2) is 5.96 Å². The number of hydrogen-bond acceptors (Lipinski definition) is 8. The highest BCUT2D eigenvalue weighted by Gasteiger charge is 2.50. The van der Waals surface area contributed by atoms with Crippen molar-refractivity contribution in [2.45, 2.75) is 102 Å². The van der Waals surface area contributed by atoms with Gasteiger partial charge in [0.2, 0.25) is 17.7 Å². The lowest BCUT2D eigenvalue weighted by Gasteiger charge is -2.38. The van der Waals surface area contributed by atoms with Gasteiger partial charge in [-0.3, -0.25) is 19.4 Å². The van der Waals surface area contributed by atoms with Crippen molar-refractivity contribution in [1.82, 2.24) is 15.5 Å². The molecule has 0 spiro atoms. The van der Waals surface area contributed by atoms with Crippen molar-refractivity contribution in [2.24, 2.45) is 28.3 Å².